The number of hydrogen-bond acceptors (Lipinski definition) is 3. The smallest absolute Gasteiger partial charge is 0.315 e. The summed E-state index contributed by atoms with van der Waals surface area (Å²) in [6, 6.07) is 2.72. The monoisotopic (exact) mass is 328 g/mol. The number of nitrogens with one attached hydrogen (secondary N) is 2. The first-order chi connectivity index (χ1) is 11.0. The third kappa shape index (κ3) is 4.62. The standard InChI is InChI=1S/C16H22F2N2O3/c1-2-12(14-7-4-8-23-14)20-16(22)19-9-13(21)15-10(17)5-3-6-11(15)18/h3,5-6,12-14,21H,2,4,7-9H2,1H3,(H2,19,20,22). The molecule has 3 atom stereocenters. The van der Waals surface area contributed by atoms with Crippen LogP contribution in [0.15, 0.2) is 18.2 Å². The van der Waals surface area contributed by atoms with Crippen LogP contribution in [-0.2, 0) is 4.74 Å². The average Bonchev–Trinajstić information content (AvgIpc) is 3.04. The molecule has 0 aliphatic carbocycles. The van der Waals surface area contributed by atoms with Crippen molar-refractivity contribution in [2.45, 2.75) is 44.4 Å². The molecule has 1 aromatic carbocycles. The van der Waals surface area contributed by atoms with Crippen LogP contribution in [-0.4, -0.2) is 36.4 Å². The number of carbonyl (C=O) groups is 1. The van der Waals surface area contributed by atoms with E-state index >= 15 is 0 Å². The van der Waals surface area contributed by atoms with Crippen molar-refractivity contribution in [3.8, 4) is 0 Å². The summed E-state index contributed by atoms with van der Waals surface area (Å²) in [7, 11) is 0. The number of urea groups is 1. The van der Waals surface area contributed by atoms with Crippen LogP contribution in [0.3, 0.4) is 0 Å². The number of halogens is 2. The predicted octanol–water partition coefficient (Wildman–Crippen LogP) is 2.26. The van der Waals surface area contributed by atoms with Gasteiger partial charge in [0.05, 0.1) is 17.7 Å². The summed E-state index contributed by atoms with van der Waals surface area (Å²) < 4.78 is 32.6. The van der Waals surface area contributed by atoms with Gasteiger partial charge in [0.15, 0.2) is 0 Å². The van der Waals surface area contributed by atoms with Crippen LogP contribution in [0.1, 0.15) is 37.9 Å². The van der Waals surface area contributed by atoms with Crippen LogP contribution in [0.25, 0.3) is 0 Å². The van der Waals surface area contributed by atoms with E-state index in [0.717, 1.165) is 25.0 Å². The molecule has 0 bridgehead atoms. The number of aliphatic hydroxyl groups is 1. The molecular formula is C16H22F2N2O3. The van der Waals surface area contributed by atoms with E-state index in [1.807, 2.05) is 6.92 Å². The lowest BCUT2D eigenvalue weighted by atomic mass is 10.1. The Kier molecular flexibility index (Phi) is 6.29. The Labute approximate surface area is 134 Å². The molecule has 7 heteroatoms. The van der Waals surface area contributed by atoms with Crippen molar-refractivity contribution in [1.82, 2.24) is 10.6 Å². The first-order valence-electron chi connectivity index (χ1n) is 7.80. The molecule has 0 radical (unpaired) electrons. The number of benzene rings is 1. The minimum Gasteiger partial charge on any atom is -0.386 e. The second kappa shape index (κ2) is 8.21. The largest absolute Gasteiger partial charge is 0.386 e. The second-order valence-electron chi connectivity index (χ2n) is 5.57. The highest BCUT2D eigenvalue weighted by Crippen LogP contribution is 2.20. The molecule has 3 N–H and O–H groups in total. The van der Waals surface area contributed by atoms with Gasteiger partial charge in [-0.05, 0) is 31.4 Å². The fourth-order valence-corrected chi connectivity index (χ4v) is 2.72. The van der Waals surface area contributed by atoms with Crippen LogP contribution in [0.4, 0.5) is 13.6 Å². The normalized spacial score (nSPS) is 20.1. The van der Waals surface area contributed by atoms with Gasteiger partial charge in [-0.2, -0.15) is 0 Å². The van der Waals surface area contributed by atoms with E-state index in [9.17, 15) is 18.7 Å². The zero-order valence-electron chi connectivity index (χ0n) is 13.0. The van der Waals surface area contributed by atoms with Gasteiger partial charge in [0.2, 0.25) is 0 Å². The number of carbonyl (C=O) groups excluding carboxylic acids is 1. The van der Waals surface area contributed by atoms with Crippen LogP contribution in [0.2, 0.25) is 0 Å². The summed E-state index contributed by atoms with van der Waals surface area (Å²) in [5, 5.41) is 15.1. The molecule has 1 aliphatic heterocycles. The molecule has 1 saturated heterocycles. The van der Waals surface area contributed by atoms with E-state index in [0.29, 0.717) is 13.0 Å². The van der Waals surface area contributed by atoms with Gasteiger partial charge in [0.1, 0.15) is 17.7 Å². The molecule has 23 heavy (non-hydrogen) atoms. The number of hydrogen-bond donors (Lipinski definition) is 3. The van der Waals surface area contributed by atoms with E-state index in [2.05, 4.69) is 10.6 Å². The molecule has 128 valence electrons. The highest BCUT2D eigenvalue weighted by molar-refractivity contribution is 5.74. The highest BCUT2D eigenvalue weighted by atomic mass is 19.1. The van der Waals surface area contributed by atoms with E-state index in [-0.39, 0.29) is 18.7 Å². The van der Waals surface area contributed by atoms with Crippen molar-refractivity contribution in [2.75, 3.05) is 13.2 Å². The van der Waals surface area contributed by atoms with Crippen LogP contribution >= 0.6 is 0 Å². The lowest BCUT2D eigenvalue weighted by Gasteiger charge is -2.23. The molecule has 2 rings (SSSR count). The van der Waals surface area contributed by atoms with Crippen molar-refractivity contribution >= 4 is 6.03 Å². The number of rotatable bonds is 6. The molecular weight excluding hydrogens is 306 g/mol. The maximum Gasteiger partial charge on any atom is 0.315 e. The zero-order valence-corrected chi connectivity index (χ0v) is 13.0. The fraction of sp³-hybridized carbons (Fsp3) is 0.562. The van der Waals surface area contributed by atoms with Gasteiger partial charge >= 0.3 is 6.03 Å². The fourth-order valence-electron chi connectivity index (χ4n) is 2.72. The molecule has 2 amide bonds. The Balaban J connectivity index is 1.85. The SMILES string of the molecule is CCC(NC(=O)NCC(O)c1c(F)cccc1F)C1CCCO1. The Hall–Kier alpha value is -1.73. The maximum atomic E-state index is 13.5. The van der Waals surface area contributed by atoms with Crippen LogP contribution in [0, 0.1) is 11.6 Å². The summed E-state index contributed by atoms with van der Waals surface area (Å²) in [5.41, 5.74) is -0.445. The van der Waals surface area contributed by atoms with Crippen LogP contribution in [0.5, 0.6) is 0 Å². The minimum atomic E-state index is -1.45. The number of ether oxygens (including phenoxy) is 1. The minimum absolute atomic E-state index is 0.0142. The lowest BCUT2D eigenvalue weighted by molar-refractivity contribution is 0.0793. The van der Waals surface area contributed by atoms with Crippen molar-refractivity contribution in [2.24, 2.45) is 0 Å². The summed E-state index contributed by atoms with van der Waals surface area (Å²) in [4.78, 5) is 11.9. The molecule has 1 heterocycles. The first kappa shape index (κ1) is 17.6. The van der Waals surface area contributed by atoms with Gasteiger partial charge < -0.3 is 20.5 Å². The van der Waals surface area contributed by atoms with Crippen molar-refractivity contribution in [1.29, 1.82) is 0 Å². The van der Waals surface area contributed by atoms with Crippen molar-refractivity contribution in [3.05, 3.63) is 35.4 Å². The number of amides is 2. The molecule has 0 spiro atoms. The van der Waals surface area contributed by atoms with E-state index < -0.39 is 29.3 Å². The molecule has 3 unspecified atom stereocenters. The highest BCUT2D eigenvalue weighted by Gasteiger charge is 2.26. The summed E-state index contributed by atoms with van der Waals surface area (Å²) >= 11 is 0. The predicted molar refractivity (Wildman–Crippen MR) is 80.9 cm³/mol. The maximum absolute atomic E-state index is 13.5. The quantitative estimate of drug-likeness (QED) is 0.750. The number of aliphatic hydroxyl groups excluding tert-OH is 1. The topological polar surface area (TPSA) is 70.6 Å². The molecule has 0 saturated carbocycles. The second-order valence-corrected chi connectivity index (χ2v) is 5.57. The van der Waals surface area contributed by atoms with Crippen molar-refractivity contribution < 1.29 is 23.4 Å². The van der Waals surface area contributed by atoms with E-state index in [1.165, 1.54) is 6.07 Å². The Bertz CT molecular complexity index is 516. The van der Waals surface area contributed by atoms with Gasteiger partial charge in [0.25, 0.3) is 0 Å². The molecule has 0 aromatic heterocycles. The van der Waals surface area contributed by atoms with Gasteiger partial charge in [-0.1, -0.05) is 13.0 Å². The van der Waals surface area contributed by atoms with Gasteiger partial charge in [0, 0.05) is 13.2 Å². The van der Waals surface area contributed by atoms with Gasteiger partial charge in [-0.15, -0.1) is 0 Å². The summed E-state index contributed by atoms with van der Waals surface area (Å²) in [6.07, 6.45) is 1.10. The van der Waals surface area contributed by atoms with Crippen molar-refractivity contribution in [3.63, 3.8) is 0 Å². The third-order valence-corrected chi connectivity index (χ3v) is 3.96. The first-order valence-corrected chi connectivity index (χ1v) is 7.80. The Morgan fingerprint density at radius 2 is 2.13 bits per heavy atom. The van der Waals surface area contributed by atoms with E-state index in [1.54, 1.807) is 0 Å². The van der Waals surface area contributed by atoms with Gasteiger partial charge in [-0.3, -0.25) is 0 Å². The van der Waals surface area contributed by atoms with Crippen LogP contribution < -0.4 is 10.6 Å². The summed E-state index contributed by atoms with van der Waals surface area (Å²) in [5.74, 6) is -1.68. The van der Waals surface area contributed by atoms with Gasteiger partial charge in [-0.25, -0.2) is 13.6 Å². The Morgan fingerprint density at radius 3 is 2.70 bits per heavy atom. The molecule has 5 nitrogen and oxygen atoms in total. The molecule has 1 aromatic rings. The molecule has 1 aliphatic rings. The zero-order chi connectivity index (χ0) is 16.8. The average molecular weight is 328 g/mol. The third-order valence-electron chi connectivity index (χ3n) is 3.96. The van der Waals surface area contributed by atoms with E-state index in [4.69, 9.17) is 4.74 Å². The summed E-state index contributed by atoms with van der Waals surface area (Å²) in [6.45, 7) is 2.34. The molecule has 1 fully saturated rings. The lowest BCUT2D eigenvalue weighted by Crippen LogP contribution is -2.48. The Morgan fingerprint density at radius 1 is 1.43 bits per heavy atom.